The zero-order valence-corrected chi connectivity index (χ0v) is 23.3. The van der Waals surface area contributed by atoms with E-state index in [-0.39, 0.29) is 5.91 Å². The van der Waals surface area contributed by atoms with E-state index < -0.39 is 6.04 Å². The average molecular weight is 554 g/mol. The first-order chi connectivity index (χ1) is 20.6. The number of carbonyl (C=O) groups excluding carboxylic acids is 1. The molecule has 2 N–H and O–H groups in total. The second-order valence-electron chi connectivity index (χ2n) is 9.73. The molecule has 0 radical (unpaired) electrons. The van der Waals surface area contributed by atoms with Gasteiger partial charge in [0.25, 0.3) is 0 Å². The summed E-state index contributed by atoms with van der Waals surface area (Å²) in [5.41, 5.74) is 6.31. The molecule has 0 aliphatic rings. The molecule has 0 saturated heterocycles. The normalized spacial score (nSPS) is 11.1. The van der Waals surface area contributed by atoms with Gasteiger partial charge in [-0.05, 0) is 64.2 Å². The number of benzene rings is 5. The highest BCUT2D eigenvalue weighted by atomic mass is 16.5. The zero-order valence-electron chi connectivity index (χ0n) is 23.3. The largest absolute Gasteiger partial charge is 0.493 e. The van der Waals surface area contributed by atoms with Crippen molar-refractivity contribution in [2.75, 3.05) is 12.4 Å². The summed E-state index contributed by atoms with van der Waals surface area (Å²) < 4.78 is 11.8. The summed E-state index contributed by atoms with van der Waals surface area (Å²) in [4.78, 5) is 13.5. The molecule has 6 nitrogen and oxygen atoms in total. The third-order valence-corrected chi connectivity index (χ3v) is 6.87. The molecule has 5 rings (SSSR count). The second kappa shape index (κ2) is 13.7. The van der Waals surface area contributed by atoms with Crippen LogP contribution in [0.4, 0.5) is 5.69 Å². The minimum atomic E-state index is -0.713. The van der Waals surface area contributed by atoms with Gasteiger partial charge >= 0.3 is 0 Å². The third kappa shape index (κ3) is 7.15. The van der Waals surface area contributed by atoms with Crippen molar-refractivity contribution in [3.8, 4) is 28.7 Å². The smallest absolute Gasteiger partial charge is 0.247 e. The monoisotopic (exact) mass is 553 g/mol. The predicted octanol–water partition coefficient (Wildman–Crippen LogP) is 7.28. The van der Waals surface area contributed by atoms with Gasteiger partial charge in [0.15, 0.2) is 11.5 Å². The number of carbonyl (C=O) groups is 1. The number of methoxy groups -OCH3 is 1. The molecule has 0 bridgehead atoms. The molecule has 0 spiro atoms. The van der Waals surface area contributed by atoms with Crippen molar-refractivity contribution in [1.29, 1.82) is 5.26 Å². The zero-order chi connectivity index (χ0) is 29.1. The first kappa shape index (κ1) is 28.0. The van der Waals surface area contributed by atoms with E-state index in [4.69, 9.17) is 14.7 Å². The van der Waals surface area contributed by atoms with E-state index >= 15 is 0 Å². The Hall–Kier alpha value is -5.54. The molecule has 0 aliphatic carbocycles. The van der Waals surface area contributed by atoms with Gasteiger partial charge in [-0.1, -0.05) is 91.0 Å². The number of ether oxygens (including phenoxy) is 2. The first-order valence-corrected chi connectivity index (χ1v) is 13.7. The molecular weight excluding hydrogens is 522 g/mol. The molecule has 1 atom stereocenters. The molecule has 0 aromatic heterocycles. The lowest BCUT2D eigenvalue weighted by Gasteiger charge is -2.21. The Kier molecular flexibility index (Phi) is 9.13. The number of hydrogen-bond donors (Lipinski definition) is 2. The van der Waals surface area contributed by atoms with Crippen molar-refractivity contribution in [3.63, 3.8) is 0 Å². The van der Waals surface area contributed by atoms with Crippen molar-refractivity contribution in [1.82, 2.24) is 5.32 Å². The van der Waals surface area contributed by atoms with E-state index in [9.17, 15) is 4.79 Å². The van der Waals surface area contributed by atoms with Crippen LogP contribution < -0.4 is 20.1 Å². The van der Waals surface area contributed by atoms with E-state index in [0.29, 0.717) is 41.5 Å². The topological polar surface area (TPSA) is 83.4 Å². The number of amides is 1. The van der Waals surface area contributed by atoms with Crippen molar-refractivity contribution in [2.24, 2.45) is 0 Å². The van der Waals surface area contributed by atoms with E-state index in [1.165, 1.54) is 5.56 Å². The van der Waals surface area contributed by atoms with Gasteiger partial charge in [0.05, 0.1) is 18.7 Å². The first-order valence-electron chi connectivity index (χ1n) is 13.7. The van der Waals surface area contributed by atoms with Gasteiger partial charge in [-0.3, -0.25) is 4.79 Å². The molecular formula is C36H31N3O3. The molecule has 5 aromatic rings. The summed E-state index contributed by atoms with van der Waals surface area (Å²) in [7, 11) is 1.58. The fraction of sp³-hybridized carbons (Fsp3) is 0.111. The number of anilines is 1. The third-order valence-electron chi connectivity index (χ3n) is 6.87. The minimum Gasteiger partial charge on any atom is -0.493 e. The molecule has 6 heteroatoms. The van der Waals surface area contributed by atoms with Crippen molar-refractivity contribution in [3.05, 3.63) is 150 Å². The van der Waals surface area contributed by atoms with Gasteiger partial charge in [0.1, 0.15) is 12.6 Å². The average Bonchev–Trinajstić information content (AvgIpc) is 3.06. The van der Waals surface area contributed by atoms with Gasteiger partial charge in [0.2, 0.25) is 5.91 Å². The lowest BCUT2D eigenvalue weighted by molar-refractivity contribution is -0.122. The van der Waals surface area contributed by atoms with E-state index in [1.54, 1.807) is 31.4 Å². The van der Waals surface area contributed by atoms with Crippen LogP contribution in [0.2, 0.25) is 0 Å². The number of nitrogens with one attached hydrogen (secondary N) is 2. The Morgan fingerprint density at radius 3 is 2.10 bits per heavy atom. The van der Waals surface area contributed by atoms with Gasteiger partial charge < -0.3 is 20.1 Å². The van der Waals surface area contributed by atoms with Crippen molar-refractivity contribution >= 4 is 11.6 Å². The fourth-order valence-corrected chi connectivity index (χ4v) is 4.56. The lowest BCUT2D eigenvalue weighted by Crippen LogP contribution is -2.33. The predicted molar refractivity (Wildman–Crippen MR) is 165 cm³/mol. The van der Waals surface area contributed by atoms with E-state index in [0.717, 1.165) is 16.7 Å². The Morgan fingerprint density at radius 1 is 0.762 bits per heavy atom. The summed E-state index contributed by atoms with van der Waals surface area (Å²) in [5, 5.41) is 15.5. The highest BCUT2D eigenvalue weighted by Gasteiger charge is 2.22. The molecule has 0 heterocycles. The summed E-state index contributed by atoms with van der Waals surface area (Å²) in [6.07, 6.45) is 0. The van der Waals surface area contributed by atoms with Crippen LogP contribution >= 0.6 is 0 Å². The van der Waals surface area contributed by atoms with Crippen LogP contribution in [-0.4, -0.2) is 13.0 Å². The van der Waals surface area contributed by atoms with E-state index in [2.05, 4.69) is 53.1 Å². The van der Waals surface area contributed by atoms with Gasteiger partial charge in [0, 0.05) is 12.2 Å². The minimum absolute atomic E-state index is 0.197. The van der Waals surface area contributed by atoms with Gasteiger partial charge in [-0.15, -0.1) is 0 Å². The Labute approximate surface area is 246 Å². The Morgan fingerprint density at radius 2 is 1.43 bits per heavy atom. The summed E-state index contributed by atoms with van der Waals surface area (Å²) in [5.74, 6) is 0.906. The molecule has 42 heavy (non-hydrogen) atoms. The summed E-state index contributed by atoms with van der Waals surface area (Å²) in [6.45, 7) is 0.766. The van der Waals surface area contributed by atoms with Crippen LogP contribution in [-0.2, 0) is 17.9 Å². The maximum absolute atomic E-state index is 13.5. The molecule has 0 aliphatic heterocycles. The van der Waals surface area contributed by atoms with E-state index in [1.807, 2.05) is 66.7 Å². The number of rotatable bonds is 11. The maximum Gasteiger partial charge on any atom is 0.247 e. The van der Waals surface area contributed by atoms with Crippen molar-refractivity contribution < 1.29 is 14.3 Å². The number of nitrogens with zero attached hydrogens (tertiary/aromatic N) is 1. The van der Waals surface area contributed by atoms with Crippen molar-refractivity contribution in [2.45, 2.75) is 19.2 Å². The van der Waals surface area contributed by atoms with Crippen LogP contribution in [0.3, 0.4) is 0 Å². The standard InChI is InChI=1S/C36H31N3O3/c1-41-34-22-31(18-21-33(34)42-25-28-12-16-30(17-13-28)29-10-6-3-7-11-29)35(39-32-19-14-26(23-37)15-20-32)36(40)38-24-27-8-4-2-5-9-27/h2-22,35,39H,24-25H2,1H3,(H,38,40)/t35-/m1/s1. The number of hydrogen-bond acceptors (Lipinski definition) is 5. The summed E-state index contributed by atoms with van der Waals surface area (Å²) >= 11 is 0. The van der Waals surface area contributed by atoms with Crippen LogP contribution in [0.25, 0.3) is 11.1 Å². The molecule has 0 fully saturated rings. The van der Waals surface area contributed by atoms with Crippen LogP contribution in [0.15, 0.2) is 127 Å². The van der Waals surface area contributed by atoms with Gasteiger partial charge in [-0.2, -0.15) is 5.26 Å². The SMILES string of the molecule is COc1cc([C@@H](Nc2ccc(C#N)cc2)C(=O)NCc2ccccc2)ccc1OCc1ccc(-c2ccccc2)cc1. The summed E-state index contributed by atoms with van der Waals surface area (Å²) in [6, 6.07) is 42.2. The van der Waals surface area contributed by atoms with Gasteiger partial charge in [-0.25, -0.2) is 0 Å². The Balaban J connectivity index is 1.32. The molecule has 208 valence electrons. The Bertz CT molecular complexity index is 1650. The number of nitriles is 1. The molecule has 0 saturated carbocycles. The molecule has 0 unspecified atom stereocenters. The molecule has 1 amide bonds. The quantitative estimate of drug-likeness (QED) is 0.180. The highest BCUT2D eigenvalue weighted by molar-refractivity contribution is 5.86. The lowest BCUT2D eigenvalue weighted by atomic mass is 10.0. The van der Waals surface area contributed by atoms with Crippen LogP contribution in [0.1, 0.15) is 28.3 Å². The highest BCUT2D eigenvalue weighted by Crippen LogP contribution is 2.33. The van der Waals surface area contributed by atoms with Crippen LogP contribution in [0, 0.1) is 11.3 Å². The maximum atomic E-state index is 13.5. The second-order valence-corrected chi connectivity index (χ2v) is 9.73. The fourth-order valence-electron chi connectivity index (χ4n) is 4.56. The molecule has 5 aromatic carbocycles. The van der Waals surface area contributed by atoms with Crippen LogP contribution in [0.5, 0.6) is 11.5 Å².